The van der Waals surface area contributed by atoms with Crippen molar-refractivity contribution in [3.63, 3.8) is 0 Å². The summed E-state index contributed by atoms with van der Waals surface area (Å²) in [4.78, 5) is 26.6. The Bertz CT molecular complexity index is 1460. The van der Waals surface area contributed by atoms with Crippen LogP contribution in [0.4, 0.5) is 4.39 Å². The maximum Gasteiger partial charge on any atom is 0.258 e. The molecule has 2 aromatic carbocycles. The van der Waals surface area contributed by atoms with Crippen LogP contribution in [0.15, 0.2) is 46.2 Å². The second-order valence-electron chi connectivity index (χ2n) is 11.4. The van der Waals surface area contributed by atoms with Crippen LogP contribution in [0.1, 0.15) is 54.4 Å². The maximum atomic E-state index is 15.3. The van der Waals surface area contributed by atoms with Crippen molar-refractivity contribution < 1.29 is 14.3 Å². The number of thioether (sulfide) groups is 1. The number of halogens is 1. The Morgan fingerprint density at radius 1 is 1.13 bits per heavy atom. The molecule has 2 heterocycles. The van der Waals surface area contributed by atoms with E-state index >= 15 is 4.39 Å². The van der Waals surface area contributed by atoms with Crippen molar-refractivity contribution in [2.45, 2.75) is 61.6 Å². The first-order valence-electron chi connectivity index (χ1n) is 13.6. The lowest BCUT2D eigenvalue weighted by molar-refractivity contribution is 0.1000. The number of hydrogen-bond donors (Lipinski definition) is 3. The van der Waals surface area contributed by atoms with E-state index < -0.39 is 11.7 Å². The number of hydrogen-bond acceptors (Lipinski definition) is 5. The fourth-order valence-electron chi connectivity index (χ4n) is 5.59. The second-order valence-corrected chi connectivity index (χ2v) is 12.8. The van der Waals surface area contributed by atoms with Crippen LogP contribution in [0.3, 0.4) is 0 Å². The lowest BCUT2D eigenvalue weighted by Crippen LogP contribution is -2.29. The van der Waals surface area contributed by atoms with Gasteiger partial charge < -0.3 is 20.7 Å². The van der Waals surface area contributed by atoms with Crippen LogP contribution < -0.4 is 16.6 Å². The molecule has 6 rings (SSSR count). The van der Waals surface area contributed by atoms with Gasteiger partial charge in [-0.2, -0.15) is 0 Å². The van der Waals surface area contributed by atoms with Crippen molar-refractivity contribution in [2.75, 3.05) is 19.7 Å². The fraction of sp³-hybridized carbons (Fsp3) is 0.467. The van der Waals surface area contributed by atoms with Gasteiger partial charge in [0.1, 0.15) is 5.82 Å². The predicted octanol–water partition coefficient (Wildman–Crippen LogP) is 4.48. The maximum absolute atomic E-state index is 15.3. The summed E-state index contributed by atoms with van der Waals surface area (Å²) in [6, 6.07) is 8.63. The summed E-state index contributed by atoms with van der Waals surface area (Å²) in [6.45, 7) is 2.53. The van der Waals surface area contributed by atoms with Gasteiger partial charge >= 0.3 is 0 Å². The number of rotatable bonds is 9. The van der Waals surface area contributed by atoms with Crippen molar-refractivity contribution in [1.82, 2.24) is 9.88 Å². The Labute approximate surface area is 225 Å². The number of amides is 1. The lowest BCUT2D eigenvalue weighted by atomic mass is 9.92. The molecular formula is C30H34FN3O3S. The number of benzene rings is 2. The van der Waals surface area contributed by atoms with E-state index in [2.05, 4.69) is 5.32 Å². The minimum Gasteiger partial charge on any atom is -0.396 e. The molecule has 0 bridgehead atoms. The van der Waals surface area contributed by atoms with E-state index in [1.807, 2.05) is 24.4 Å². The third-order valence-electron chi connectivity index (χ3n) is 8.41. The molecule has 200 valence electrons. The zero-order valence-electron chi connectivity index (χ0n) is 21.5. The Morgan fingerprint density at radius 3 is 2.55 bits per heavy atom. The number of fused-ring (bicyclic) bond motifs is 1. The van der Waals surface area contributed by atoms with Crippen LogP contribution in [0, 0.1) is 17.2 Å². The van der Waals surface area contributed by atoms with Gasteiger partial charge in [0.25, 0.3) is 5.56 Å². The molecule has 1 amide bonds. The number of pyridine rings is 1. The number of nitrogens with two attached hydrogens (primary N) is 1. The first-order chi connectivity index (χ1) is 18.4. The summed E-state index contributed by atoms with van der Waals surface area (Å²) in [5, 5.41) is 15.2. The molecule has 3 aromatic rings. The van der Waals surface area contributed by atoms with E-state index in [1.54, 1.807) is 22.4 Å². The summed E-state index contributed by atoms with van der Waals surface area (Å²) in [5.74, 6) is -0.601. The predicted molar refractivity (Wildman–Crippen MR) is 149 cm³/mol. The fourth-order valence-corrected chi connectivity index (χ4v) is 6.90. The van der Waals surface area contributed by atoms with Gasteiger partial charge in [0.2, 0.25) is 5.91 Å². The van der Waals surface area contributed by atoms with Crippen LogP contribution in [0.25, 0.3) is 21.9 Å². The van der Waals surface area contributed by atoms with Gasteiger partial charge in [0, 0.05) is 44.6 Å². The topological polar surface area (TPSA) is 97.4 Å². The van der Waals surface area contributed by atoms with Gasteiger partial charge in [-0.1, -0.05) is 6.07 Å². The second kappa shape index (κ2) is 10.1. The number of primary amides is 1. The standard InChI is InChI=1S/C30H34FN3O3S/c31-26-14-20(28(32)36)13-23(24(26)11-18-1-2-18)19-3-4-22-25(12-19)27(38-21-5-9-33-10-6-21)15-34(29(22)37)16-30(17-35)7-8-30/h3-4,12-15,18,21,33,35H,1-2,5-11,16-17H2,(H2,32,36). The van der Waals surface area contributed by atoms with Crippen LogP contribution in [-0.2, 0) is 13.0 Å². The van der Waals surface area contributed by atoms with Gasteiger partial charge in [0.05, 0.1) is 6.61 Å². The molecule has 38 heavy (non-hydrogen) atoms. The zero-order valence-corrected chi connectivity index (χ0v) is 22.3. The zero-order chi connectivity index (χ0) is 26.4. The smallest absolute Gasteiger partial charge is 0.258 e. The van der Waals surface area contributed by atoms with Gasteiger partial charge in [-0.15, -0.1) is 11.8 Å². The van der Waals surface area contributed by atoms with Crippen molar-refractivity contribution in [2.24, 2.45) is 17.1 Å². The lowest BCUT2D eigenvalue weighted by Gasteiger charge is -2.24. The molecule has 1 aromatic heterocycles. The van der Waals surface area contributed by atoms with Crippen molar-refractivity contribution in [3.8, 4) is 11.1 Å². The van der Waals surface area contributed by atoms with Crippen molar-refractivity contribution >= 4 is 28.4 Å². The molecule has 0 radical (unpaired) electrons. The van der Waals surface area contributed by atoms with Gasteiger partial charge in [-0.05, 0) is 105 Å². The first-order valence-corrected chi connectivity index (χ1v) is 14.5. The number of nitrogens with zero attached hydrogens (tertiary/aromatic N) is 1. The third kappa shape index (κ3) is 5.14. The SMILES string of the molecule is NC(=O)c1cc(F)c(CC2CC2)c(-c2ccc3c(=O)n(CC4(CO)CC4)cc(SC4CCNCC4)c3c2)c1. The van der Waals surface area contributed by atoms with E-state index in [0.717, 1.165) is 67.5 Å². The highest BCUT2D eigenvalue weighted by Crippen LogP contribution is 2.47. The summed E-state index contributed by atoms with van der Waals surface area (Å²) < 4.78 is 17.0. The molecule has 0 unspecified atom stereocenters. The number of carbonyl (C=O) groups is 1. The molecule has 4 N–H and O–H groups in total. The van der Waals surface area contributed by atoms with Gasteiger partial charge in [-0.25, -0.2) is 4.39 Å². The molecule has 1 saturated heterocycles. The molecular weight excluding hydrogens is 501 g/mol. The van der Waals surface area contributed by atoms with Crippen LogP contribution in [0.2, 0.25) is 0 Å². The molecule has 3 fully saturated rings. The Hall–Kier alpha value is -2.68. The van der Waals surface area contributed by atoms with Crippen molar-refractivity contribution in [1.29, 1.82) is 0 Å². The molecule has 2 aliphatic carbocycles. The number of nitrogens with one attached hydrogen (secondary N) is 1. The highest BCUT2D eigenvalue weighted by molar-refractivity contribution is 8.00. The number of piperidine rings is 1. The minimum absolute atomic E-state index is 0.0730. The van der Waals surface area contributed by atoms with E-state index in [0.29, 0.717) is 40.6 Å². The largest absolute Gasteiger partial charge is 0.396 e. The first kappa shape index (κ1) is 25.6. The molecule has 0 spiro atoms. The summed E-state index contributed by atoms with van der Waals surface area (Å²) >= 11 is 1.80. The Kier molecular flexibility index (Phi) is 6.82. The molecule has 6 nitrogen and oxygen atoms in total. The monoisotopic (exact) mass is 535 g/mol. The highest BCUT2D eigenvalue weighted by atomic mass is 32.2. The molecule has 8 heteroatoms. The highest BCUT2D eigenvalue weighted by Gasteiger charge is 2.42. The molecule has 0 atom stereocenters. The molecule has 3 aliphatic rings. The summed E-state index contributed by atoms with van der Waals surface area (Å²) in [7, 11) is 0. The average Bonchev–Trinajstić information content (AvgIpc) is 3.85. The Morgan fingerprint density at radius 2 is 1.89 bits per heavy atom. The van der Waals surface area contributed by atoms with E-state index in [1.165, 1.54) is 6.07 Å². The van der Waals surface area contributed by atoms with Crippen LogP contribution in [-0.4, -0.2) is 40.5 Å². The van der Waals surface area contributed by atoms with Gasteiger partial charge in [0.15, 0.2) is 0 Å². The number of aromatic nitrogens is 1. The Balaban J connectivity index is 1.49. The normalized spacial score (nSPS) is 19.1. The minimum atomic E-state index is -0.660. The third-order valence-corrected chi connectivity index (χ3v) is 9.79. The van der Waals surface area contributed by atoms with Crippen molar-refractivity contribution in [3.05, 3.63) is 63.8 Å². The van der Waals surface area contributed by atoms with E-state index in [4.69, 9.17) is 5.73 Å². The number of aliphatic hydroxyl groups excluding tert-OH is 1. The summed E-state index contributed by atoms with van der Waals surface area (Å²) in [5.41, 5.74) is 7.49. The van der Waals surface area contributed by atoms with Gasteiger partial charge in [-0.3, -0.25) is 9.59 Å². The molecule has 2 saturated carbocycles. The quantitative estimate of drug-likeness (QED) is 0.376. The van der Waals surface area contributed by atoms with Crippen LogP contribution >= 0.6 is 11.8 Å². The van der Waals surface area contributed by atoms with E-state index in [-0.39, 0.29) is 23.1 Å². The summed E-state index contributed by atoms with van der Waals surface area (Å²) in [6.07, 6.45) is 8.69. The van der Waals surface area contributed by atoms with Crippen LogP contribution in [0.5, 0.6) is 0 Å². The molecule has 1 aliphatic heterocycles. The average molecular weight is 536 g/mol. The number of aliphatic hydroxyl groups is 1. The van der Waals surface area contributed by atoms with E-state index in [9.17, 15) is 14.7 Å². The number of carbonyl (C=O) groups excluding carboxylic acids is 1.